The van der Waals surface area contributed by atoms with E-state index in [1.165, 1.54) is 0 Å². The molecule has 0 saturated heterocycles. The van der Waals surface area contributed by atoms with Gasteiger partial charge < -0.3 is 15.4 Å². The van der Waals surface area contributed by atoms with Gasteiger partial charge in [0, 0.05) is 51.0 Å². The lowest BCUT2D eigenvalue weighted by molar-refractivity contribution is 0.147. The van der Waals surface area contributed by atoms with Crippen LogP contribution in [0.1, 0.15) is 18.9 Å². The van der Waals surface area contributed by atoms with Gasteiger partial charge in [-0.1, -0.05) is 6.07 Å². The molecule has 0 spiro atoms. The maximum Gasteiger partial charge on any atom is 0.152 e. The number of nitrogens with one attached hydrogen (secondary N) is 2. The first-order chi connectivity index (χ1) is 12.3. The second kappa shape index (κ2) is 8.48. The van der Waals surface area contributed by atoms with Crippen molar-refractivity contribution in [1.82, 2.24) is 19.6 Å². The van der Waals surface area contributed by atoms with Gasteiger partial charge in [0.25, 0.3) is 0 Å². The Morgan fingerprint density at radius 3 is 3.00 bits per heavy atom. The molecule has 3 aromatic heterocycles. The second-order valence-corrected chi connectivity index (χ2v) is 5.55. The molecule has 0 aliphatic carbocycles. The van der Waals surface area contributed by atoms with Crippen molar-refractivity contribution in [2.45, 2.75) is 19.9 Å². The van der Waals surface area contributed by atoms with Gasteiger partial charge in [-0.15, -0.1) is 0 Å². The number of aromatic nitrogens is 4. The summed E-state index contributed by atoms with van der Waals surface area (Å²) in [5.41, 5.74) is 2.25. The van der Waals surface area contributed by atoms with Crippen molar-refractivity contribution in [2.24, 2.45) is 0 Å². The number of pyridine rings is 1. The maximum absolute atomic E-state index is 5.98. The minimum absolute atomic E-state index is 0.544. The van der Waals surface area contributed by atoms with Crippen LogP contribution in [-0.2, 0) is 11.3 Å². The van der Waals surface area contributed by atoms with Crippen molar-refractivity contribution in [3.8, 4) is 0 Å². The van der Waals surface area contributed by atoms with Gasteiger partial charge in [0.05, 0.1) is 0 Å². The normalized spacial score (nSPS) is 10.9. The van der Waals surface area contributed by atoms with Crippen molar-refractivity contribution in [2.75, 3.05) is 30.4 Å². The van der Waals surface area contributed by atoms with E-state index >= 15 is 0 Å². The summed E-state index contributed by atoms with van der Waals surface area (Å²) in [6, 6.07) is 5.86. The lowest BCUT2D eigenvalue weighted by Gasteiger charge is -2.12. The average Bonchev–Trinajstić information content (AvgIpc) is 3.02. The summed E-state index contributed by atoms with van der Waals surface area (Å²) in [5, 5.41) is 11.0. The molecule has 0 fully saturated rings. The van der Waals surface area contributed by atoms with Gasteiger partial charge in [-0.2, -0.15) is 9.61 Å². The molecule has 8 heteroatoms. The molecule has 0 saturated carbocycles. The van der Waals surface area contributed by atoms with Crippen LogP contribution in [0.4, 0.5) is 11.6 Å². The first-order valence-corrected chi connectivity index (χ1v) is 8.36. The smallest absolute Gasteiger partial charge is 0.152 e. The van der Waals surface area contributed by atoms with Crippen LogP contribution in [0.2, 0.25) is 0 Å². The minimum atomic E-state index is 0.544. The van der Waals surface area contributed by atoms with E-state index in [1.807, 2.05) is 31.3 Å². The summed E-state index contributed by atoms with van der Waals surface area (Å²) in [6.07, 6.45) is 6.10. The zero-order chi connectivity index (χ0) is 17.5. The largest absolute Gasteiger partial charge is 0.382 e. The molecule has 0 unspecified atom stereocenters. The van der Waals surface area contributed by atoms with Crippen LogP contribution in [0.5, 0.6) is 0 Å². The molecule has 7 nitrogen and oxygen atoms in total. The van der Waals surface area contributed by atoms with Gasteiger partial charge in [0.1, 0.15) is 19.5 Å². The predicted molar refractivity (Wildman–Crippen MR) is 99.5 cm³/mol. The highest BCUT2D eigenvalue weighted by molar-refractivity contribution is 6.36. The highest BCUT2D eigenvalue weighted by Gasteiger charge is 2.09. The van der Waals surface area contributed by atoms with Crippen LogP contribution in [0.3, 0.4) is 0 Å². The summed E-state index contributed by atoms with van der Waals surface area (Å²) in [4.78, 5) is 8.67. The Kier molecular flexibility index (Phi) is 5.84. The third-order valence-electron chi connectivity index (χ3n) is 3.67. The Hall–Kier alpha value is -2.61. The van der Waals surface area contributed by atoms with E-state index in [4.69, 9.17) is 12.6 Å². The molecule has 0 amide bonds. The summed E-state index contributed by atoms with van der Waals surface area (Å²) in [7, 11) is 5.98. The van der Waals surface area contributed by atoms with Gasteiger partial charge in [0.2, 0.25) is 0 Å². The Labute approximate surface area is 148 Å². The van der Waals surface area contributed by atoms with Crippen LogP contribution < -0.4 is 16.1 Å². The fraction of sp³-hybridized carbons (Fsp3) is 0.353. The summed E-state index contributed by atoms with van der Waals surface area (Å²) in [6.45, 7) is 4.87. The Morgan fingerprint density at radius 2 is 2.20 bits per heavy atom. The number of nitrogens with zero attached hydrogens (tertiary/aromatic N) is 4. The molecular formula is C17H21BN6O. The standard InChI is InChI=1S/C17H21BN6O/c1-2-25-8-4-7-20-15-9-16(21-11-13-5-3-6-19-10-13)24-17(23-15)14(18)12-22-24/h3,5-6,9-10,12,21H,2,4,7-8,11H2,1H3,(H,20,23). The molecule has 3 aromatic rings. The van der Waals surface area contributed by atoms with Gasteiger partial charge in [-0.3, -0.25) is 4.98 Å². The van der Waals surface area contributed by atoms with Gasteiger partial charge >= 0.3 is 0 Å². The zero-order valence-corrected chi connectivity index (χ0v) is 14.3. The molecule has 2 radical (unpaired) electrons. The van der Waals surface area contributed by atoms with E-state index in [0.717, 1.165) is 43.4 Å². The second-order valence-electron chi connectivity index (χ2n) is 5.55. The number of rotatable bonds is 9. The van der Waals surface area contributed by atoms with Crippen molar-refractivity contribution in [3.63, 3.8) is 0 Å². The molecular weight excluding hydrogens is 315 g/mol. The van der Waals surface area contributed by atoms with Crippen LogP contribution >= 0.6 is 0 Å². The topological polar surface area (TPSA) is 76.4 Å². The molecule has 0 aliphatic heterocycles. The first kappa shape index (κ1) is 17.2. The average molecular weight is 336 g/mol. The quantitative estimate of drug-likeness (QED) is 0.454. The lowest BCUT2D eigenvalue weighted by atomic mass is 10.0. The SMILES string of the molecule is [B]c1cnn2c(NCc3cccnc3)cc(NCCCOCC)nc12. The number of anilines is 2. The highest BCUT2D eigenvalue weighted by Crippen LogP contribution is 2.15. The third-order valence-corrected chi connectivity index (χ3v) is 3.67. The van der Waals surface area contributed by atoms with Crippen molar-refractivity contribution < 1.29 is 4.74 Å². The minimum Gasteiger partial charge on any atom is -0.382 e. The van der Waals surface area contributed by atoms with Crippen LogP contribution in [0.25, 0.3) is 5.65 Å². The number of hydrogen-bond acceptors (Lipinski definition) is 6. The number of ether oxygens (including phenoxy) is 1. The number of hydrogen-bond donors (Lipinski definition) is 2. The highest BCUT2D eigenvalue weighted by atomic mass is 16.5. The molecule has 128 valence electrons. The molecule has 25 heavy (non-hydrogen) atoms. The van der Waals surface area contributed by atoms with Gasteiger partial charge in [0.15, 0.2) is 5.65 Å². The lowest BCUT2D eigenvalue weighted by Crippen LogP contribution is -2.12. The van der Waals surface area contributed by atoms with Gasteiger partial charge in [-0.25, -0.2) is 4.98 Å². The molecule has 3 heterocycles. The van der Waals surface area contributed by atoms with Crippen LogP contribution in [0.15, 0.2) is 36.8 Å². The molecule has 2 N–H and O–H groups in total. The zero-order valence-electron chi connectivity index (χ0n) is 14.3. The van der Waals surface area contributed by atoms with Crippen LogP contribution in [0, 0.1) is 0 Å². The molecule has 0 aromatic carbocycles. The fourth-order valence-electron chi connectivity index (χ4n) is 2.43. The fourth-order valence-corrected chi connectivity index (χ4v) is 2.43. The van der Waals surface area contributed by atoms with E-state index < -0.39 is 0 Å². The maximum atomic E-state index is 5.98. The Balaban J connectivity index is 1.73. The Bertz CT molecular complexity index is 808. The van der Waals surface area contributed by atoms with Crippen molar-refractivity contribution >= 4 is 30.6 Å². The van der Waals surface area contributed by atoms with E-state index in [9.17, 15) is 0 Å². The van der Waals surface area contributed by atoms with E-state index in [1.54, 1.807) is 16.9 Å². The number of fused-ring (bicyclic) bond motifs is 1. The summed E-state index contributed by atoms with van der Waals surface area (Å²) < 4.78 is 7.05. The monoisotopic (exact) mass is 336 g/mol. The van der Waals surface area contributed by atoms with Gasteiger partial charge in [-0.05, 0) is 30.4 Å². The Morgan fingerprint density at radius 1 is 1.28 bits per heavy atom. The van der Waals surface area contributed by atoms with Crippen molar-refractivity contribution in [1.29, 1.82) is 0 Å². The summed E-state index contributed by atoms with van der Waals surface area (Å²) in [5.74, 6) is 1.57. The molecule has 0 aliphatic rings. The third kappa shape index (κ3) is 4.48. The van der Waals surface area contributed by atoms with E-state index in [0.29, 0.717) is 17.7 Å². The predicted octanol–water partition coefficient (Wildman–Crippen LogP) is 1.37. The molecule has 0 bridgehead atoms. The van der Waals surface area contributed by atoms with E-state index in [2.05, 4.69) is 25.7 Å². The van der Waals surface area contributed by atoms with E-state index in [-0.39, 0.29) is 0 Å². The molecule has 3 rings (SSSR count). The first-order valence-electron chi connectivity index (χ1n) is 8.36. The van der Waals surface area contributed by atoms with Crippen LogP contribution in [-0.4, -0.2) is 47.2 Å². The molecule has 0 atom stereocenters. The van der Waals surface area contributed by atoms with Crippen molar-refractivity contribution in [3.05, 3.63) is 42.4 Å². The summed E-state index contributed by atoms with van der Waals surface area (Å²) >= 11 is 0.